The number of carbonyl (C=O) groups is 1. The summed E-state index contributed by atoms with van der Waals surface area (Å²) in [5.74, 6) is 1.02. The minimum atomic E-state index is -0.484. The van der Waals surface area contributed by atoms with Crippen molar-refractivity contribution in [1.29, 1.82) is 0 Å². The molecule has 0 N–H and O–H groups in total. The van der Waals surface area contributed by atoms with Crippen molar-refractivity contribution in [2.24, 2.45) is 5.92 Å². The van der Waals surface area contributed by atoms with Crippen molar-refractivity contribution >= 4 is 18.1 Å². The van der Waals surface area contributed by atoms with Gasteiger partial charge in [-0.1, -0.05) is 6.92 Å². The second kappa shape index (κ2) is 5.67. The third-order valence-corrected chi connectivity index (χ3v) is 2.58. The van der Waals surface area contributed by atoms with E-state index in [0.717, 1.165) is 6.42 Å². The normalized spacial score (nSPS) is 20.9. The minimum absolute atomic E-state index is 0.343. The van der Waals surface area contributed by atoms with E-state index >= 15 is 0 Å². The molecule has 1 amide bonds. The predicted molar refractivity (Wildman–Crippen MR) is 69.4 cm³/mol. The molecule has 5 heteroatoms. The molecule has 0 saturated carbocycles. The molecule has 0 bridgehead atoms. The van der Waals surface area contributed by atoms with Crippen molar-refractivity contribution in [2.75, 3.05) is 12.8 Å². The van der Waals surface area contributed by atoms with Crippen LogP contribution in [0.25, 0.3) is 0 Å². The van der Waals surface area contributed by atoms with Crippen molar-refractivity contribution in [3.63, 3.8) is 0 Å². The highest BCUT2D eigenvalue weighted by Crippen LogP contribution is 2.25. The Morgan fingerprint density at radius 1 is 1.53 bits per heavy atom. The Morgan fingerprint density at radius 3 is 2.71 bits per heavy atom. The van der Waals surface area contributed by atoms with E-state index in [1.807, 2.05) is 33.1 Å². The van der Waals surface area contributed by atoms with Crippen LogP contribution < -0.4 is 0 Å². The quantitative estimate of drug-likeness (QED) is 0.712. The number of carbonyl (C=O) groups excluding carboxylic acids is 1. The summed E-state index contributed by atoms with van der Waals surface area (Å²) in [5.41, 5.74) is -0.484. The smallest absolute Gasteiger partial charge is 0.417 e. The van der Waals surface area contributed by atoms with Crippen LogP contribution in [0.2, 0.25) is 0 Å². The van der Waals surface area contributed by atoms with Crippen molar-refractivity contribution < 1.29 is 13.7 Å². The number of rotatable bonds is 2. The van der Waals surface area contributed by atoms with E-state index in [1.165, 1.54) is 12.0 Å². The zero-order valence-corrected chi connectivity index (χ0v) is 12.0. The molecular formula is C12H21NO3S. The van der Waals surface area contributed by atoms with Crippen LogP contribution in [0.5, 0.6) is 0 Å². The Hall–Kier alpha value is -0.840. The fourth-order valence-electron chi connectivity index (χ4n) is 1.53. The summed E-state index contributed by atoms with van der Waals surface area (Å²) in [6.45, 7) is 8.32. The average molecular weight is 259 g/mol. The first-order valence-corrected chi connectivity index (χ1v) is 6.90. The maximum Gasteiger partial charge on any atom is 0.417 e. The fraction of sp³-hybridized carbons (Fsp3) is 0.750. The number of ether oxygens (including phenoxy) is 1. The van der Waals surface area contributed by atoms with Gasteiger partial charge in [0.15, 0.2) is 0 Å². The molecule has 0 aliphatic carbocycles. The van der Waals surface area contributed by atoms with Gasteiger partial charge in [0.2, 0.25) is 5.88 Å². The van der Waals surface area contributed by atoms with Gasteiger partial charge in [0.05, 0.1) is 12.0 Å². The van der Waals surface area contributed by atoms with Crippen LogP contribution in [0, 0.1) is 5.92 Å². The first-order valence-electron chi connectivity index (χ1n) is 5.75. The molecule has 0 aromatic rings. The zero-order chi connectivity index (χ0) is 13.1. The van der Waals surface area contributed by atoms with Crippen LogP contribution in [0.1, 0.15) is 34.1 Å². The van der Waals surface area contributed by atoms with Gasteiger partial charge in [0, 0.05) is 12.8 Å². The van der Waals surface area contributed by atoms with Crippen LogP contribution in [-0.2, 0) is 8.92 Å². The summed E-state index contributed by atoms with van der Waals surface area (Å²) in [6.07, 6.45) is 4.35. The van der Waals surface area contributed by atoms with Gasteiger partial charge in [0.25, 0.3) is 0 Å². The summed E-state index contributed by atoms with van der Waals surface area (Å²) >= 11 is 1.23. The van der Waals surface area contributed by atoms with E-state index in [-0.39, 0.29) is 6.09 Å². The van der Waals surface area contributed by atoms with Crippen LogP contribution >= 0.6 is 12.0 Å². The van der Waals surface area contributed by atoms with Crippen LogP contribution in [0.3, 0.4) is 0 Å². The van der Waals surface area contributed by atoms with Gasteiger partial charge in [-0.05, 0) is 39.2 Å². The zero-order valence-electron chi connectivity index (χ0n) is 11.1. The lowest BCUT2D eigenvalue weighted by Gasteiger charge is -2.32. The summed E-state index contributed by atoms with van der Waals surface area (Å²) in [7, 11) is 0. The maximum absolute atomic E-state index is 12.0. The van der Waals surface area contributed by atoms with Gasteiger partial charge in [0.1, 0.15) is 5.60 Å². The number of amides is 1. The molecule has 1 atom stereocenters. The Kier molecular flexibility index (Phi) is 4.74. The number of hydrogen-bond acceptors (Lipinski definition) is 4. The third kappa shape index (κ3) is 4.50. The Bertz CT molecular complexity index is 309. The highest BCUT2D eigenvalue weighted by molar-refractivity contribution is 7.94. The molecule has 0 aromatic heterocycles. The molecule has 1 heterocycles. The molecule has 98 valence electrons. The standard InChI is InChI=1S/C12H21NO3S/c1-9-6-7-10(16-17-5)13(8-9)11(14)15-12(2,3)4/h7,9H,6,8H2,1-5H3. The highest BCUT2D eigenvalue weighted by atomic mass is 32.2. The monoisotopic (exact) mass is 259 g/mol. The summed E-state index contributed by atoms with van der Waals surface area (Å²) < 4.78 is 10.7. The molecule has 1 unspecified atom stereocenters. The Morgan fingerprint density at radius 2 is 2.18 bits per heavy atom. The fourth-order valence-corrected chi connectivity index (χ4v) is 1.86. The molecule has 17 heavy (non-hydrogen) atoms. The molecule has 1 aliphatic rings. The van der Waals surface area contributed by atoms with Gasteiger partial charge in [-0.2, -0.15) is 0 Å². The predicted octanol–water partition coefficient (Wildman–Crippen LogP) is 3.40. The summed E-state index contributed by atoms with van der Waals surface area (Å²) in [5, 5.41) is 0. The molecule has 0 saturated heterocycles. The molecule has 0 spiro atoms. The van der Waals surface area contributed by atoms with E-state index in [9.17, 15) is 4.79 Å². The first-order chi connectivity index (χ1) is 7.83. The van der Waals surface area contributed by atoms with Crippen LogP contribution in [0.15, 0.2) is 12.0 Å². The lowest BCUT2D eigenvalue weighted by molar-refractivity contribution is 0.0207. The van der Waals surface area contributed by atoms with E-state index in [4.69, 9.17) is 8.92 Å². The minimum Gasteiger partial charge on any atom is -0.443 e. The summed E-state index contributed by atoms with van der Waals surface area (Å²) in [6, 6.07) is 0. The molecule has 0 fully saturated rings. The van der Waals surface area contributed by atoms with Crippen molar-refractivity contribution in [1.82, 2.24) is 4.90 Å². The summed E-state index contributed by atoms with van der Waals surface area (Å²) in [4.78, 5) is 13.6. The largest absolute Gasteiger partial charge is 0.443 e. The SMILES string of the molecule is CSOC1=CCC(C)CN1C(=O)OC(C)(C)C. The van der Waals surface area contributed by atoms with E-state index in [2.05, 4.69) is 6.92 Å². The van der Waals surface area contributed by atoms with Gasteiger partial charge in [-0.15, -0.1) is 0 Å². The number of hydrogen-bond donors (Lipinski definition) is 0. The van der Waals surface area contributed by atoms with E-state index in [0.29, 0.717) is 18.3 Å². The average Bonchev–Trinajstić information content (AvgIpc) is 2.18. The van der Waals surface area contributed by atoms with Gasteiger partial charge >= 0.3 is 6.09 Å². The number of allylic oxidation sites excluding steroid dienone is 1. The van der Waals surface area contributed by atoms with E-state index < -0.39 is 5.60 Å². The molecule has 1 aliphatic heterocycles. The Labute approximate surface area is 108 Å². The lowest BCUT2D eigenvalue weighted by atomic mass is 10.0. The molecule has 4 nitrogen and oxygen atoms in total. The van der Waals surface area contributed by atoms with Crippen molar-refractivity contribution in [2.45, 2.75) is 39.7 Å². The van der Waals surface area contributed by atoms with Crippen molar-refractivity contribution in [3.05, 3.63) is 12.0 Å². The van der Waals surface area contributed by atoms with Gasteiger partial charge in [-0.3, -0.25) is 0 Å². The van der Waals surface area contributed by atoms with Crippen molar-refractivity contribution in [3.8, 4) is 0 Å². The van der Waals surface area contributed by atoms with Crippen LogP contribution in [-0.4, -0.2) is 29.4 Å². The second-order valence-corrected chi connectivity index (χ2v) is 5.72. The third-order valence-electron chi connectivity index (χ3n) is 2.24. The Balaban J connectivity index is 2.74. The van der Waals surface area contributed by atoms with Crippen LogP contribution in [0.4, 0.5) is 4.79 Å². The lowest BCUT2D eigenvalue weighted by Crippen LogP contribution is -2.40. The topological polar surface area (TPSA) is 38.8 Å². The number of nitrogens with zero attached hydrogens (tertiary/aromatic N) is 1. The molecule has 1 rings (SSSR count). The first kappa shape index (κ1) is 14.2. The van der Waals surface area contributed by atoms with Gasteiger partial charge < -0.3 is 8.92 Å². The highest BCUT2D eigenvalue weighted by Gasteiger charge is 2.29. The second-order valence-electron chi connectivity index (χ2n) is 5.22. The molecule has 0 aromatic carbocycles. The maximum atomic E-state index is 12.0. The molecule has 0 radical (unpaired) electrons. The van der Waals surface area contributed by atoms with Gasteiger partial charge in [-0.25, -0.2) is 9.69 Å². The molecular weight excluding hydrogens is 238 g/mol. The van der Waals surface area contributed by atoms with E-state index in [1.54, 1.807) is 4.90 Å².